The molecule has 0 bridgehead atoms. The van der Waals surface area contributed by atoms with Crippen molar-refractivity contribution in [2.75, 3.05) is 26.2 Å². The van der Waals surface area contributed by atoms with E-state index in [1.54, 1.807) is 12.1 Å². The van der Waals surface area contributed by atoms with Gasteiger partial charge in [0.1, 0.15) is 5.82 Å². The first kappa shape index (κ1) is 21.6. The number of carbonyl (C=O) groups is 1. The van der Waals surface area contributed by atoms with Gasteiger partial charge in [-0.05, 0) is 31.0 Å². The maximum Gasteiger partial charge on any atom is 0.224 e. The highest BCUT2D eigenvalue weighted by molar-refractivity contribution is 14.0. The van der Waals surface area contributed by atoms with Crippen LogP contribution in [0.3, 0.4) is 0 Å². The molecule has 0 fully saturated rings. The van der Waals surface area contributed by atoms with Crippen molar-refractivity contribution in [1.29, 1.82) is 0 Å². The van der Waals surface area contributed by atoms with E-state index in [9.17, 15) is 9.18 Å². The molecular weight excluding hydrogens is 410 g/mol. The Bertz CT molecular complexity index is 479. The molecule has 0 unspecified atom stereocenters. The Hall–Kier alpha value is -1.38. The number of guanidine groups is 1. The van der Waals surface area contributed by atoms with Gasteiger partial charge in [0.15, 0.2) is 5.96 Å². The monoisotopic (exact) mass is 436 g/mol. The van der Waals surface area contributed by atoms with Crippen molar-refractivity contribution in [3.63, 3.8) is 0 Å². The van der Waals surface area contributed by atoms with Crippen LogP contribution in [-0.2, 0) is 11.2 Å². The molecule has 0 radical (unpaired) electrons. The highest BCUT2D eigenvalue weighted by Gasteiger charge is 2.03. The van der Waals surface area contributed by atoms with E-state index in [1.807, 2.05) is 6.92 Å². The molecule has 0 saturated carbocycles. The molecule has 0 aliphatic rings. The van der Waals surface area contributed by atoms with Gasteiger partial charge in [0.25, 0.3) is 0 Å². The van der Waals surface area contributed by atoms with Crippen LogP contribution in [0.2, 0.25) is 0 Å². The third-order valence-corrected chi connectivity index (χ3v) is 2.86. The van der Waals surface area contributed by atoms with Crippen molar-refractivity contribution in [3.8, 4) is 0 Å². The van der Waals surface area contributed by atoms with Crippen molar-refractivity contribution in [3.05, 3.63) is 35.6 Å². The fourth-order valence-electron chi connectivity index (χ4n) is 1.80. The minimum absolute atomic E-state index is 0. The second-order valence-corrected chi connectivity index (χ2v) is 4.84. The molecule has 1 aromatic carbocycles. The molecule has 0 aliphatic carbocycles. The lowest BCUT2D eigenvalue weighted by Gasteiger charge is -2.11. The Labute approximate surface area is 154 Å². The number of benzene rings is 1. The van der Waals surface area contributed by atoms with Gasteiger partial charge in [-0.2, -0.15) is 0 Å². The summed E-state index contributed by atoms with van der Waals surface area (Å²) in [4.78, 5) is 16.1. The van der Waals surface area contributed by atoms with Crippen LogP contribution in [0.4, 0.5) is 4.39 Å². The van der Waals surface area contributed by atoms with Gasteiger partial charge < -0.3 is 16.0 Å². The van der Waals surface area contributed by atoms with Gasteiger partial charge in [0, 0.05) is 26.2 Å². The van der Waals surface area contributed by atoms with Crippen LogP contribution in [0.15, 0.2) is 29.3 Å². The summed E-state index contributed by atoms with van der Waals surface area (Å²) in [6, 6.07) is 5.95. The van der Waals surface area contributed by atoms with E-state index in [2.05, 4.69) is 27.9 Å². The Balaban J connectivity index is 0.00000484. The molecule has 0 spiro atoms. The van der Waals surface area contributed by atoms with Crippen molar-refractivity contribution < 1.29 is 9.18 Å². The first-order valence-electron chi connectivity index (χ1n) is 7.69. The molecule has 1 aromatic rings. The third kappa shape index (κ3) is 10.1. The number of aliphatic imine (C=N–C) groups is 1. The first-order chi connectivity index (χ1) is 10.7. The number of hydrogen-bond acceptors (Lipinski definition) is 2. The summed E-state index contributed by atoms with van der Waals surface area (Å²) < 4.78 is 12.8. The number of halogens is 2. The van der Waals surface area contributed by atoms with E-state index in [1.165, 1.54) is 12.1 Å². The third-order valence-electron chi connectivity index (χ3n) is 2.86. The molecular formula is C16H26FIN4O. The summed E-state index contributed by atoms with van der Waals surface area (Å²) in [6.45, 7) is 6.76. The van der Waals surface area contributed by atoms with Crippen LogP contribution < -0.4 is 16.0 Å². The normalized spacial score (nSPS) is 10.7. The van der Waals surface area contributed by atoms with E-state index in [0.717, 1.165) is 31.0 Å². The van der Waals surface area contributed by atoms with Crippen LogP contribution in [-0.4, -0.2) is 38.0 Å². The Morgan fingerprint density at radius 3 is 2.35 bits per heavy atom. The van der Waals surface area contributed by atoms with Gasteiger partial charge in [-0.3, -0.25) is 9.79 Å². The van der Waals surface area contributed by atoms with E-state index in [-0.39, 0.29) is 42.1 Å². The predicted molar refractivity (Wildman–Crippen MR) is 103 cm³/mol. The zero-order valence-electron chi connectivity index (χ0n) is 13.7. The predicted octanol–water partition coefficient (Wildman–Crippen LogP) is 2.07. The van der Waals surface area contributed by atoms with Gasteiger partial charge in [-0.25, -0.2) is 4.39 Å². The lowest BCUT2D eigenvalue weighted by molar-refractivity contribution is -0.120. The molecule has 3 N–H and O–H groups in total. The van der Waals surface area contributed by atoms with Gasteiger partial charge in [-0.1, -0.05) is 19.1 Å². The van der Waals surface area contributed by atoms with Crippen LogP contribution in [0.25, 0.3) is 0 Å². The molecule has 0 heterocycles. The quantitative estimate of drug-likeness (QED) is 0.253. The SMILES string of the molecule is CCCN=C(NCC)NCCNC(=O)Cc1ccc(F)cc1.I. The molecule has 0 atom stereocenters. The van der Waals surface area contributed by atoms with Gasteiger partial charge in [0.05, 0.1) is 6.42 Å². The number of hydrogen-bond donors (Lipinski definition) is 3. The van der Waals surface area contributed by atoms with E-state index >= 15 is 0 Å². The van der Waals surface area contributed by atoms with Crippen molar-refractivity contribution in [1.82, 2.24) is 16.0 Å². The Morgan fingerprint density at radius 1 is 1.09 bits per heavy atom. The maximum atomic E-state index is 12.8. The van der Waals surface area contributed by atoms with Gasteiger partial charge in [-0.15, -0.1) is 24.0 Å². The standard InChI is InChI=1S/C16H25FN4O.HI/c1-3-9-20-16(18-4-2)21-11-10-19-15(22)12-13-5-7-14(17)8-6-13;/h5-8H,3-4,9-12H2,1-2H3,(H,19,22)(H2,18,20,21);1H. The largest absolute Gasteiger partial charge is 0.357 e. The number of rotatable bonds is 8. The first-order valence-corrected chi connectivity index (χ1v) is 7.69. The van der Waals surface area contributed by atoms with Crippen molar-refractivity contribution in [2.24, 2.45) is 4.99 Å². The lowest BCUT2D eigenvalue weighted by atomic mass is 10.1. The molecule has 1 rings (SSSR count). The topological polar surface area (TPSA) is 65.5 Å². The van der Waals surface area contributed by atoms with Crippen LogP contribution in [0.5, 0.6) is 0 Å². The zero-order valence-corrected chi connectivity index (χ0v) is 16.0. The highest BCUT2D eigenvalue weighted by atomic mass is 127. The van der Waals surface area contributed by atoms with Crippen molar-refractivity contribution >= 4 is 35.8 Å². The second-order valence-electron chi connectivity index (χ2n) is 4.84. The zero-order chi connectivity index (χ0) is 16.2. The number of carbonyl (C=O) groups excluding carboxylic acids is 1. The summed E-state index contributed by atoms with van der Waals surface area (Å²) in [6.07, 6.45) is 1.25. The molecule has 0 saturated heterocycles. The van der Waals surface area contributed by atoms with Crippen molar-refractivity contribution in [2.45, 2.75) is 26.7 Å². The van der Waals surface area contributed by atoms with Crippen LogP contribution in [0, 0.1) is 5.82 Å². The van der Waals surface area contributed by atoms with Gasteiger partial charge in [0.2, 0.25) is 5.91 Å². The summed E-state index contributed by atoms with van der Waals surface area (Å²) in [5, 5.41) is 9.12. The molecule has 7 heteroatoms. The average molecular weight is 436 g/mol. The molecule has 23 heavy (non-hydrogen) atoms. The average Bonchev–Trinajstić information content (AvgIpc) is 2.51. The number of nitrogens with zero attached hydrogens (tertiary/aromatic N) is 1. The summed E-state index contributed by atoms with van der Waals surface area (Å²) in [5.41, 5.74) is 0.796. The summed E-state index contributed by atoms with van der Waals surface area (Å²) in [7, 11) is 0. The molecule has 1 amide bonds. The molecule has 0 aliphatic heterocycles. The molecule has 130 valence electrons. The lowest BCUT2D eigenvalue weighted by Crippen LogP contribution is -2.41. The fraction of sp³-hybridized carbons (Fsp3) is 0.500. The summed E-state index contributed by atoms with van der Waals surface area (Å²) in [5.74, 6) is 0.386. The molecule has 0 aromatic heterocycles. The number of amides is 1. The van der Waals surface area contributed by atoms with E-state index in [4.69, 9.17) is 0 Å². The number of nitrogens with one attached hydrogen (secondary N) is 3. The minimum Gasteiger partial charge on any atom is -0.357 e. The maximum absolute atomic E-state index is 12.8. The van der Waals surface area contributed by atoms with E-state index in [0.29, 0.717) is 13.1 Å². The van der Waals surface area contributed by atoms with E-state index < -0.39 is 0 Å². The van der Waals surface area contributed by atoms with Crippen LogP contribution in [0.1, 0.15) is 25.8 Å². The second kappa shape index (κ2) is 13.1. The Morgan fingerprint density at radius 2 is 1.74 bits per heavy atom. The highest BCUT2D eigenvalue weighted by Crippen LogP contribution is 2.03. The summed E-state index contributed by atoms with van der Waals surface area (Å²) >= 11 is 0. The minimum atomic E-state index is -0.296. The van der Waals surface area contributed by atoms with Gasteiger partial charge >= 0.3 is 0 Å². The molecule has 5 nitrogen and oxygen atoms in total. The fourth-order valence-corrected chi connectivity index (χ4v) is 1.80. The van der Waals surface area contributed by atoms with Crippen LogP contribution >= 0.6 is 24.0 Å². The smallest absolute Gasteiger partial charge is 0.224 e. The Kier molecular flexibility index (Phi) is 12.3.